The molecule has 0 radical (unpaired) electrons. The third-order valence-corrected chi connectivity index (χ3v) is 4.21. The van der Waals surface area contributed by atoms with Crippen LogP contribution in [0.3, 0.4) is 0 Å². The zero-order valence-electron chi connectivity index (χ0n) is 12.1. The molecule has 0 bridgehead atoms. The van der Waals surface area contributed by atoms with Crippen LogP contribution in [-0.2, 0) is 6.54 Å². The van der Waals surface area contributed by atoms with Gasteiger partial charge >= 0.3 is 0 Å². The smallest absolute Gasteiger partial charge is 0.0208 e. The van der Waals surface area contributed by atoms with E-state index in [1.54, 1.807) is 0 Å². The van der Waals surface area contributed by atoms with Gasteiger partial charge in [0, 0.05) is 12.6 Å². The fourth-order valence-electron chi connectivity index (χ4n) is 3.22. The van der Waals surface area contributed by atoms with Crippen LogP contribution in [0.2, 0.25) is 0 Å². The van der Waals surface area contributed by atoms with Gasteiger partial charge in [-0.2, -0.15) is 0 Å². The molecule has 1 aliphatic carbocycles. The molecule has 2 unspecified atom stereocenters. The molecule has 1 N–H and O–H groups in total. The van der Waals surface area contributed by atoms with Crippen LogP contribution in [0.1, 0.15) is 55.7 Å². The maximum atomic E-state index is 3.78. The molecule has 1 heteroatoms. The first-order valence-corrected chi connectivity index (χ1v) is 7.46. The summed E-state index contributed by atoms with van der Waals surface area (Å²) in [6, 6.07) is 7.58. The van der Waals surface area contributed by atoms with Gasteiger partial charge < -0.3 is 5.32 Å². The third-order valence-electron chi connectivity index (χ3n) is 4.21. The van der Waals surface area contributed by atoms with Crippen molar-refractivity contribution in [1.29, 1.82) is 0 Å². The normalized spacial score (nSPS) is 24.8. The second kappa shape index (κ2) is 6.38. The van der Waals surface area contributed by atoms with Crippen LogP contribution in [-0.4, -0.2) is 6.04 Å². The standard InChI is InChI=1S/C17H27N/c1-13-9-14(2)11-16(10-13)12-18-17-8-6-4-5-7-15(17)3/h9-11,15,17-18H,4-8,12H2,1-3H3. The third kappa shape index (κ3) is 3.84. The minimum atomic E-state index is 0.716. The van der Waals surface area contributed by atoms with E-state index >= 15 is 0 Å². The Morgan fingerprint density at radius 1 is 1.00 bits per heavy atom. The fourth-order valence-corrected chi connectivity index (χ4v) is 3.22. The Balaban J connectivity index is 1.93. The van der Waals surface area contributed by atoms with Crippen LogP contribution in [0.5, 0.6) is 0 Å². The molecule has 0 amide bonds. The van der Waals surface area contributed by atoms with Gasteiger partial charge in [0.15, 0.2) is 0 Å². The van der Waals surface area contributed by atoms with Crippen LogP contribution in [0.15, 0.2) is 18.2 Å². The Hall–Kier alpha value is -0.820. The average Bonchev–Trinajstić information content (AvgIpc) is 2.50. The summed E-state index contributed by atoms with van der Waals surface area (Å²) in [5.74, 6) is 0.832. The maximum absolute atomic E-state index is 3.78. The lowest BCUT2D eigenvalue weighted by atomic mass is 9.96. The zero-order chi connectivity index (χ0) is 13.0. The Bertz CT molecular complexity index is 363. The average molecular weight is 245 g/mol. The van der Waals surface area contributed by atoms with Gasteiger partial charge in [-0.1, -0.05) is 55.5 Å². The van der Waals surface area contributed by atoms with Gasteiger partial charge in [0.1, 0.15) is 0 Å². The predicted octanol–water partition coefficient (Wildman–Crippen LogP) is 4.36. The van der Waals surface area contributed by atoms with E-state index < -0.39 is 0 Å². The van der Waals surface area contributed by atoms with Gasteiger partial charge in [-0.25, -0.2) is 0 Å². The summed E-state index contributed by atoms with van der Waals surface area (Å²) in [6.45, 7) is 7.80. The summed E-state index contributed by atoms with van der Waals surface area (Å²) in [6.07, 6.45) is 6.99. The first-order chi connectivity index (χ1) is 8.65. The van der Waals surface area contributed by atoms with Crippen LogP contribution < -0.4 is 5.32 Å². The highest BCUT2D eigenvalue weighted by Gasteiger charge is 2.18. The van der Waals surface area contributed by atoms with Gasteiger partial charge in [0.2, 0.25) is 0 Å². The quantitative estimate of drug-likeness (QED) is 0.780. The number of hydrogen-bond acceptors (Lipinski definition) is 1. The Morgan fingerprint density at radius 3 is 2.39 bits per heavy atom. The second-order valence-electron chi connectivity index (χ2n) is 6.10. The van der Waals surface area contributed by atoms with Gasteiger partial charge in [0.05, 0.1) is 0 Å². The van der Waals surface area contributed by atoms with Crippen molar-refractivity contribution in [3.05, 3.63) is 34.9 Å². The van der Waals surface area contributed by atoms with Crippen molar-refractivity contribution in [1.82, 2.24) is 5.32 Å². The SMILES string of the molecule is Cc1cc(C)cc(CNC2CCCCCC2C)c1. The van der Waals surface area contributed by atoms with Crippen molar-refractivity contribution in [2.45, 2.75) is 65.5 Å². The molecule has 2 rings (SSSR count). The molecule has 0 aliphatic heterocycles. The molecule has 18 heavy (non-hydrogen) atoms. The lowest BCUT2D eigenvalue weighted by Crippen LogP contribution is -2.33. The molecule has 1 aliphatic rings. The van der Waals surface area contributed by atoms with Crippen molar-refractivity contribution >= 4 is 0 Å². The highest BCUT2D eigenvalue weighted by atomic mass is 14.9. The summed E-state index contributed by atoms with van der Waals surface area (Å²) in [4.78, 5) is 0. The first kappa shape index (κ1) is 13.6. The Morgan fingerprint density at radius 2 is 1.67 bits per heavy atom. The molecular formula is C17H27N. The van der Waals surface area contributed by atoms with Gasteiger partial charge in [-0.15, -0.1) is 0 Å². The number of aryl methyl sites for hydroxylation is 2. The molecule has 1 fully saturated rings. The fraction of sp³-hybridized carbons (Fsp3) is 0.647. The van der Waals surface area contributed by atoms with Gasteiger partial charge in [0.25, 0.3) is 0 Å². The molecule has 0 aromatic heterocycles. The first-order valence-electron chi connectivity index (χ1n) is 7.46. The molecule has 0 heterocycles. The Labute approximate surface area is 112 Å². The highest BCUT2D eigenvalue weighted by molar-refractivity contribution is 5.28. The maximum Gasteiger partial charge on any atom is 0.0208 e. The number of nitrogens with one attached hydrogen (secondary N) is 1. The van der Waals surface area contributed by atoms with Crippen molar-refractivity contribution in [3.8, 4) is 0 Å². The summed E-state index contributed by atoms with van der Waals surface area (Å²) >= 11 is 0. The lowest BCUT2D eigenvalue weighted by molar-refractivity contribution is 0.356. The van der Waals surface area contributed by atoms with Crippen LogP contribution in [0.4, 0.5) is 0 Å². The van der Waals surface area contributed by atoms with Crippen LogP contribution in [0, 0.1) is 19.8 Å². The molecule has 0 spiro atoms. The summed E-state index contributed by atoms with van der Waals surface area (Å²) in [5, 5.41) is 3.78. The second-order valence-corrected chi connectivity index (χ2v) is 6.10. The van der Waals surface area contributed by atoms with Crippen molar-refractivity contribution in [2.24, 2.45) is 5.92 Å². The van der Waals surface area contributed by atoms with E-state index in [0.717, 1.165) is 12.5 Å². The minimum absolute atomic E-state index is 0.716. The summed E-state index contributed by atoms with van der Waals surface area (Å²) < 4.78 is 0. The van der Waals surface area contributed by atoms with E-state index in [0.29, 0.717) is 6.04 Å². The van der Waals surface area contributed by atoms with E-state index in [1.807, 2.05) is 0 Å². The number of rotatable bonds is 3. The van der Waals surface area contributed by atoms with Crippen molar-refractivity contribution in [3.63, 3.8) is 0 Å². The van der Waals surface area contributed by atoms with E-state index in [1.165, 1.54) is 48.8 Å². The molecule has 100 valence electrons. The van der Waals surface area contributed by atoms with E-state index in [-0.39, 0.29) is 0 Å². The van der Waals surface area contributed by atoms with Crippen LogP contribution in [0.25, 0.3) is 0 Å². The molecule has 1 saturated carbocycles. The molecule has 1 aromatic carbocycles. The number of hydrogen-bond donors (Lipinski definition) is 1. The van der Waals surface area contributed by atoms with Gasteiger partial charge in [-0.05, 0) is 38.2 Å². The highest BCUT2D eigenvalue weighted by Crippen LogP contribution is 2.23. The lowest BCUT2D eigenvalue weighted by Gasteiger charge is -2.23. The van der Waals surface area contributed by atoms with E-state index in [9.17, 15) is 0 Å². The molecule has 1 aromatic rings. The largest absolute Gasteiger partial charge is 0.310 e. The predicted molar refractivity (Wildman–Crippen MR) is 78.8 cm³/mol. The van der Waals surface area contributed by atoms with E-state index in [4.69, 9.17) is 0 Å². The summed E-state index contributed by atoms with van der Waals surface area (Å²) in [5.41, 5.74) is 4.19. The van der Waals surface area contributed by atoms with E-state index in [2.05, 4.69) is 44.3 Å². The molecular weight excluding hydrogens is 218 g/mol. The minimum Gasteiger partial charge on any atom is -0.310 e. The van der Waals surface area contributed by atoms with Crippen molar-refractivity contribution < 1.29 is 0 Å². The molecule has 1 nitrogen and oxygen atoms in total. The topological polar surface area (TPSA) is 12.0 Å². The monoisotopic (exact) mass is 245 g/mol. The number of benzene rings is 1. The van der Waals surface area contributed by atoms with Gasteiger partial charge in [-0.3, -0.25) is 0 Å². The molecule has 2 atom stereocenters. The van der Waals surface area contributed by atoms with Crippen LogP contribution >= 0.6 is 0 Å². The Kier molecular flexibility index (Phi) is 4.82. The molecule has 0 saturated heterocycles. The van der Waals surface area contributed by atoms with Crippen molar-refractivity contribution in [2.75, 3.05) is 0 Å². The summed E-state index contributed by atoms with van der Waals surface area (Å²) in [7, 11) is 0. The zero-order valence-corrected chi connectivity index (χ0v) is 12.1.